The number of benzene rings is 1. The third-order valence-electron chi connectivity index (χ3n) is 1.50. The van der Waals surface area contributed by atoms with Crippen LogP contribution in [0.4, 0.5) is 5.69 Å². The molecule has 0 saturated carbocycles. The van der Waals surface area contributed by atoms with Gasteiger partial charge in [-0.1, -0.05) is 11.6 Å². The van der Waals surface area contributed by atoms with Crippen LogP contribution in [0, 0.1) is 13.7 Å². The van der Waals surface area contributed by atoms with Crippen molar-refractivity contribution in [3.8, 4) is 0 Å². The van der Waals surface area contributed by atoms with Crippen LogP contribution >= 0.6 is 34.2 Å². The zero-order valence-corrected chi connectivity index (χ0v) is 9.57. The zero-order valence-electron chi connectivity index (χ0n) is 6.66. The fraction of sp³-hybridized carbons (Fsp3) is 0. The minimum absolute atomic E-state index is 0.00981. The normalized spacial score (nSPS) is 9.86. The summed E-state index contributed by atoms with van der Waals surface area (Å²) < 4.78 is 0.491. The van der Waals surface area contributed by atoms with Crippen LogP contribution in [0.15, 0.2) is 12.1 Å². The quantitative estimate of drug-likeness (QED) is 0.512. The van der Waals surface area contributed by atoms with Gasteiger partial charge in [0.25, 0.3) is 5.69 Å². The molecule has 0 fully saturated rings. The topological polar surface area (TPSA) is 86.2 Å². The second-order valence-electron chi connectivity index (χ2n) is 2.40. The second-order valence-corrected chi connectivity index (χ2v) is 3.97. The van der Waals surface area contributed by atoms with Crippen LogP contribution in [0.25, 0.3) is 0 Å². The molecule has 0 aliphatic heterocycles. The molecule has 0 spiro atoms. The predicted molar refractivity (Wildman–Crippen MR) is 59.3 cm³/mol. The Bertz CT molecular complexity index is 386. The van der Waals surface area contributed by atoms with Crippen molar-refractivity contribution in [1.29, 1.82) is 0 Å². The van der Waals surface area contributed by atoms with Gasteiger partial charge in [0.1, 0.15) is 5.02 Å². The maximum Gasteiger partial charge on any atom is 0.288 e. The van der Waals surface area contributed by atoms with Gasteiger partial charge in [0, 0.05) is 9.64 Å². The zero-order chi connectivity index (χ0) is 10.9. The summed E-state index contributed by atoms with van der Waals surface area (Å²) >= 11 is 7.44. The first-order valence-electron chi connectivity index (χ1n) is 3.36. The van der Waals surface area contributed by atoms with Crippen molar-refractivity contribution in [2.45, 2.75) is 0 Å². The van der Waals surface area contributed by atoms with Crippen LogP contribution in [0.2, 0.25) is 5.02 Å². The summed E-state index contributed by atoms with van der Waals surface area (Å²) in [6.45, 7) is 0. The van der Waals surface area contributed by atoms with Gasteiger partial charge in [-0.25, -0.2) is 0 Å². The first kappa shape index (κ1) is 11.2. The van der Waals surface area contributed by atoms with Gasteiger partial charge in [0.05, 0.1) is 10.5 Å². The van der Waals surface area contributed by atoms with Gasteiger partial charge in [-0.2, -0.15) is 0 Å². The predicted octanol–water partition coefficient (Wildman–Crippen LogP) is 1.95. The Kier molecular flexibility index (Phi) is 3.27. The van der Waals surface area contributed by atoms with Gasteiger partial charge in [-0.15, -0.1) is 0 Å². The number of nitrogens with zero attached hydrogens (tertiary/aromatic N) is 1. The van der Waals surface area contributed by atoms with Crippen LogP contribution in [-0.2, 0) is 0 Å². The third kappa shape index (κ3) is 2.13. The molecule has 2 N–H and O–H groups in total. The molecule has 74 valence electrons. The van der Waals surface area contributed by atoms with Crippen molar-refractivity contribution in [2.24, 2.45) is 5.73 Å². The number of hydrogen-bond acceptors (Lipinski definition) is 3. The standard InChI is InChI=1S/C7H4ClIN2O3/c8-4-2-5(9)3(7(10)12)1-6(4)11(13)14/h1-2H,(H2,10,12). The smallest absolute Gasteiger partial charge is 0.288 e. The molecule has 1 amide bonds. The highest BCUT2D eigenvalue weighted by Crippen LogP contribution is 2.28. The molecule has 1 rings (SSSR count). The van der Waals surface area contributed by atoms with E-state index in [0.717, 1.165) is 6.07 Å². The Hall–Kier alpha value is -0.890. The van der Waals surface area contributed by atoms with Gasteiger partial charge in [-0.3, -0.25) is 14.9 Å². The lowest BCUT2D eigenvalue weighted by Crippen LogP contribution is -2.13. The van der Waals surface area contributed by atoms with Crippen molar-refractivity contribution in [3.05, 3.63) is 36.4 Å². The Labute approximate surface area is 97.5 Å². The number of nitro groups is 1. The summed E-state index contributed by atoms with van der Waals surface area (Å²) in [5.41, 5.74) is 4.80. The van der Waals surface area contributed by atoms with Crippen LogP contribution in [0.5, 0.6) is 0 Å². The lowest BCUT2D eigenvalue weighted by atomic mass is 10.2. The number of carbonyl (C=O) groups excluding carboxylic acids is 1. The molecule has 1 aromatic carbocycles. The van der Waals surface area contributed by atoms with E-state index in [-0.39, 0.29) is 16.3 Å². The Balaban J connectivity index is 3.42. The summed E-state index contributed by atoms with van der Waals surface area (Å²) in [4.78, 5) is 20.7. The summed E-state index contributed by atoms with van der Waals surface area (Å²) in [5.74, 6) is -0.714. The number of nitrogens with two attached hydrogens (primary N) is 1. The van der Waals surface area contributed by atoms with Crippen molar-refractivity contribution in [1.82, 2.24) is 0 Å². The first-order valence-corrected chi connectivity index (χ1v) is 4.82. The number of carbonyl (C=O) groups is 1. The number of primary amides is 1. The molecular formula is C7H4ClIN2O3. The van der Waals surface area contributed by atoms with Crippen LogP contribution in [0.3, 0.4) is 0 Å². The van der Waals surface area contributed by atoms with E-state index in [1.807, 2.05) is 22.6 Å². The number of amides is 1. The Morgan fingerprint density at radius 2 is 2.14 bits per heavy atom. The molecule has 0 radical (unpaired) electrons. The molecule has 0 aliphatic rings. The van der Waals surface area contributed by atoms with Crippen molar-refractivity contribution >= 4 is 45.8 Å². The Morgan fingerprint density at radius 1 is 1.57 bits per heavy atom. The first-order chi connectivity index (χ1) is 6.43. The van der Waals surface area contributed by atoms with E-state index in [1.165, 1.54) is 6.07 Å². The number of nitro benzene ring substituents is 1. The van der Waals surface area contributed by atoms with Gasteiger partial charge in [-0.05, 0) is 28.7 Å². The molecule has 0 saturated heterocycles. The van der Waals surface area contributed by atoms with Crippen molar-refractivity contribution in [3.63, 3.8) is 0 Å². The molecule has 0 bridgehead atoms. The monoisotopic (exact) mass is 326 g/mol. The fourth-order valence-electron chi connectivity index (χ4n) is 0.866. The fourth-order valence-corrected chi connectivity index (χ4v) is 2.02. The van der Waals surface area contributed by atoms with Gasteiger partial charge in [0.2, 0.25) is 5.91 Å². The highest BCUT2D eigenvalue weighted by atomic mass is 127. The van der Waals surface area contributed by atoms with E-state index >= 15 is 0 Å². The third-order valence-corrected chi connectivity index (χ3v) is 2.69. The molecule has 5 nitrogen and oxygen atoms in total. The number of rotatable bonds is 2. The van der Waals surface area contributed by atoms with Gasteiger partial charge in [0.15, 0.2) is 0 Å². The van der Waals surface area contributed by atoms with E-state index in [2.05, 4.69) is 0 Å². The molecule has 0 unspecified atom stereocenters. The van der Waals surface area contributed by atoms with Crippen LogP contribution in [0.1, 0.15) is 10.4 Å². The highest BCUT2D eigenvalue weighted by Gasteiger charge is 2.18. The van der Waals surface area contributed by atoms with E-state index < -0.39 is 10.8 Å². The Morgan fingerprint density at radius 3 is 2.57 bits per heavy atom. The van der Waals surface area contributed by atoms with Crippen LogP contribution in [-0.4, -0.2) is 10.8 Å². The minimum atomic E-state index is -0.714. The SMILES string of the molecule is NC(=O)c1cc([N+](=O)[O-])c(Cl)cc1I. The second kappa shape index (κ2) is 4.09. The molecule has 0 atom stereocenters. The van der Waals surface area contributed by atoms with E-state index in [9.17, 15) is 14.9 Å². The number of halogens is 2. The maximum absolute atomic E-state index is 10.9. The summed E-state index contributed by atoms with van der Waals surface area (Å²) in [7, 11) is 0. The average molecular weight is 326 g/mol. The summed E-state index contributed by atoms with van der Waals surface area (Å²) in [5, 5.41) is 10.5. The molecule has 14 heavy (non-hydrogen) atoms. The van der Waals surface area contributed by atoms with E-state index in [0.29, 0.717) is 3.57 Å². The van der Waals surface area contributed by atoms with E-state index in [1.54, 1.807) is 0 Å². The lowest BCUT2D eigenvalue weighted by molar-refractivity contribution is -0.384. The van der Waals surface area contributed by atoms with Gasteiger partial charge >= 0.3 is 0 Å². The van der Waals surface area contributed by atoms with Crippen LogP contribution < -0.4 is 5.73 Å². The largest absolute Gasteiger partial charge is 0.366 e. The highest BCUT2D eigenvalue weighted by molar-refractivity contribution is 14.1. The van der Waals surface area contributed by atoms with Crippen molar-refractivity contribution < 1.29 is 9.72 Å². The molecule has 0 aromatic heterocycles. The molecule has 0 aliphatic carbocycles. The van der Waals surface area contributed by atoms with E-state index in [4.69, 9.17) is 17.3 Å². The number of hydrogen-bond donors (Lipinski definition) is 1. The minimum Gasteiger partial charge on any atom is -0.366 e. The summed E-state index contributed by atoms with van der Waals surface area (Å²) in [6, 6.07) is 2.41. The molecule has 7 heteroatoms. The van der Waals surface area contributed by atoms with Gasteiger partial charge < -0.3 is 5.73 Å². The molecular weight excluding hydrogens is 322 g/mol. The average Bonchev–Trinajstić information content (AvgIpc) is 2.02. The molecule has 1 aromatic rings. The maximum atomic E-state index is 10.9. The van der Waals surface area contributed by atoms with Crippen molar-refractivity contribution in [2.75, 3.05) is 0 Å². The lowest BCUT2D eigenvalue weighted by Gasteiger charge is -2.01. The summed E-state index contributed by atoms with van der Waals surface area (Å²) in [6.07, 6.45) is 0. The molecule has 0 heterocycles.